The first-order valence-corrected chi connectivity index (χ1v) is 8.55. The summed E-state index contributed by atoms with van der Waals surface area (Å²) in [5, 5.41) is 8.31. The Morgan fingerprint density at radius 1 is 0.857 bits per heavy atom. The highest BCUT2D eigenvalue weighted by atomic mass is 15.4. The normalized spacial score (nSPS) is 12.9. The third-order valence-corrected chi connectivity index (χ3v) is 3.71. The van der Waals surface area contributed by atoms with Gasteiger partial charge in [0.15, 0.2) is 0 Å². The van der Waals surface area contributed by atoms with E-state index < -0.39 is 0 Å². The molecule has 0 bridgehead atoms. The first kappa shape index (κ1) is 18.2. The Morgan fingerprint density at radius 3 is 2.10 bits per heavy atom. The van der Waals surface area contributed by atoms with Gasteiger partial charge in [0.25, 0.3) is 0 Å². The van der Waals surface area contributed by atoms with Gasteiger partial charge in [0, 0.05) is 6.54 Å². The second-order valence-electron chi connectivity index (χ2n) is 8.76. The Balaban J connectivity index is 2.18. The van der Waals surface area contributed by atoms with E-state index in [1.165, 1.54) is 44.2 Å². The van der Waals surface area contributed by atoms with Crippen LogP contribution < -0.4 is 0 Å². The van der Waals surface area contributed by atoms with E-state index in [4.69, 9.17) is 0 Å². The lowest BCUT2D eigenvalue weighted by Crippen LogP contribution is -2.14. The zero-order valence-electron chi connectivity index (χ0n) is 15.1. The SMILES string of the molecule is CC(C)(C)CCCCCCCn1nncc1CC(C)(C)C. The molecule has 0 fully saturated rings. The highest BCUT2D eigenvalue weighted by molar-refractivity contribution is 4.97. The van der Waals surface area contributed by atoms with Gasteiger partial charge in [-0.3, -0.25) is 0 Å². The van der Waals surface area contributed by atoms with Crippen molar-refractivity contribution >= 4 is 0 Å². The number of hydrogen-bond donors (Lipinski definition) is 0. The van der Waals surface area contributed by atoms with Gasteiger partial charge >= 0.3 is 0 Å². The van der Waals surface area contributed by atoms with Gasteiger partial charge in [-0.05, 0) is 30.1 Å². The molecule has 21 heavy (non-hydrogen) atoms. The van der Waals surface area contributed by atoms with Gasteiger partial charge < -0.3 is 0 Å². The first-order chi connectivity index (χ1) is 9.67. The van der Waals surface area contributed by atoms with E-state index in [0.29, 0.717) is 10.8 Å². The standard InChI is InChI=1S/C18H35N3/c1-17(2,3)12-10-8-7-9-11-13-21-16(15-19-20-21)14-18(4,5)6/h15H,7-14H2,1-6H3. The molecule has 1 aromatic rings. The van der Waals surface area contributed by atoms with E-state index in [-0.39, 0.29) is 0 Å². The Hall–Kier alpha value is -0.860. The van der Waals surface area contributed by atoms with Crippen LogP contribution in [0.4, 0.5) is 0 Å². The van der Waals surface area contributed by atoms with Crippen molar-refractivity contribution in [2.24, 2.45) is 10.8 Å². The predicted octanol–water partition coefficient (Wildman–Crippen LogP) is 5.25. The highest BCUT2D eigenvalue weighted by Crippen LogP contribution is 2.23. The third kappa shape index (κ3) is 8.90. The molecule has 0 unspecified atom stereocenters. The minimum Gasteiger partial charge on any atom is -0.249 e. The van der Waals surface area contributed by atoms with Crippen LogP contribution in [0, 0.1) is 10.8 Å². The summed E-state index contributed by atoms with van der Waals surface area (Å²) in [6.07, 6.45) is 10.9. The van der Waals surface area contributed by atoms with E-state index in [1.54, 1.807) is 0 Å². The Bertz CT molecular complexity index is 393. The maximum absolute atomic E-state index is 4.23. The molecule has 3 nitrogen and oxygen atoms in total. The van der Waals surface area contributed by atoms with Crippen molar-refractivity contribution in [2.45, 2.75) is 93.0 Å². The number of aromatic nitrogens is 3. The fourth-order valence-corrected chi connectivity index (χ4v) is 2.59. The van der Waals surface area contributed by atoms with Crippen LogP contribution >= 0.6 is 0 Å². The van der Waals surface area contributed by atoms with E-state index in [9.17, 15) is 0 Å². The largest absolute Gasteiger partial charge is 0.249 e. The molecule has 1 heterocycles. The van der Waals surface area contributed by atoms with Crippen LogP contribution in [0.3, 0.4) is 0 Å². The molecule has 1 rings (SSSR count). The molecule has 0 aliphatic rings. The molecule has 3 heteroatoms. The quantitative estimate of drug-likeness (QED) is 0.613. The van der Waals surface area contributed by atoms with Crippen LogP contribution in [-0.4, -0.2) is 15.0 Å². The lowest BCUT2D eigenvalue weighted by atomic mass is 9.89. The van der Waals surface area contributed by atoms with E-state index in [2.05, 4.69) is 56.5 Å². The summed E-state index contributed by atoms with van der Waals surface area (Å²) >= 11 is 0. The fourth-order valence-electron chi connectivity index (χ4n) is 2.59. The van der Waals surface area contributed by atoms with Crippen LogP contribution in [-0.2, 0) is 13.0 Å². The Morgan fingerprint density at radius 2 is 1.48 bits per heavy atom. The molecule has 122 valence electrons. The van der Waals surface area contributed by atoms with E-state index >= 15 is 0 Å². The number of aryl methyl sites for hydroxylation is 1. The number of nitrogens with zero attached hydrogens (tertiary/aromatic N) is 3. The van der Waals surface area contributed by atoms with Crippen molar-refractivity contribution < 1.29 is 0 Å². The summed E-state index contributed by atoms with van der Waals surface area (Å²) in [6.45, 7) is 14.8. The average Bonchev–Trinajstić information content (AvgIpc) is 2.71. The number of hydrogen-bond acceptors (Lipinski definition) is 2. The molecule has 0 aromatic carbocycles. The maximum atomic E-state index is 4.23. The van der Waals surface area contributed by atoms with Crippen LogP contribution in [0.5, 0.6) is 0 Å². The minimum atomic E-state index is 0.298. The summed E-state index contributed by atoms with van der Waals surface area (Å²) < 4.78 is 2.10. The molecule has 0 N–H and O–H groups in total. The lowest BCUT2D eigenvalue weighted by Gasteiger charge is -2.18. The van der Waals surface area contributed by atoms with Gasteiger partial charge in [-0.1, -0.05) is 72.4 Å². The molecule has 0 spiro atoms. The maximum Gasteiger partial charge on any atom is 0.0725 e. The van der Waals surface area contributed by atoms with E-state index in [1.807, 2.05) is 6.20 Å². The van der Waals surface area contributed by atoms with Crippen LogP contribution in [0.15, 0.2) is 6.20 Å². The van der Waals surface area contributed by atoms with Crippen LogP contribution in [0.1, 0.15) is 85.8 Å². The van der Waals surface area contributed by atoms with Gasteiger partial charge in [-0.2, -0.15) is 0 Å². The monoisotopic (exact) mass is 293 g/mol. The van der Waals surface area contributed by atoms with Gasteiger partial charge in [-0.15, -0.1) is 5.10 Å². The van der Waals surface area contributed by atoms with Crippen LogP contribution in [0.2, 0.25) is 0 Å². The highest BCUT2D eigenvalue weighted by Gasteiger charge is 2.15. The molecule has 0 saturated carbocycles. The van der Waals surface area contributed by atoms with Crippen molar-refractivity contribution in [3.8, 4) is 0 Å². The van der Waals surface area contributed by atoms with Crippen molar-refractivity contribution in [1.82, 2.24) is 15.0 Å². The topological polar surface area (TPSA) is 30.7 Å². The van der Waals surface area contributed by atoms with Crippen molar-refractivity contribution in [1.29, 1.82) is 0 Å². The van der Waals surface area contributed by atoms with Crippen molar-refractivity contribution in [3.05, 3.63) is 11.9 Å². The fraction of sp³-hybridized carbons (Fsp3) is 0.889. The second-order valence-corrected chi connectivity index (χ2v) is 8.76. The van der Waals surface area contributed by atoms with Gasteiger partial charge in [0.1, 0.15) is 0 Å². The second kappa shape index (κ2) is 7.95. The van der Waals surface area contributed by atoms with Gasteiger partial charge in [0.05, 0.1) is 11.9 Å². The van der Waals surface area contributed by atoms with Crippen molar-refractivity contribution in [2.75, 3.05) is 0 Å². The smallest absolute Gasteiger partial charge is 0.0725 e. The van der Waals surface area contributed by atoms with Gasteiger partial charge in [0.2, 0.25) is 0 Å². The number of rotatable bonds is 8. The average molecular weight is 293 g/mol. The third-order valence-electron chi connectivity index (χ3n) is 3.71. The molecule has 0 aliphatic heterocycles. The molecule has 0 radical (unpaired) electrons. The summed E-state index contributed by atoms with van der Waals surface area (Å²) in [5.41, 5.74) is 2.06. The Labute approximate surface area is 131 Å². The first-order valence-electron chi connectivity index (χ1n) is 8.55. The lowest BCUT2D eigenvalue weighted by molar-refractivity contribution is 0.355. The minimum absolute atomic E-state index is 0.298. The van der Waals surface area contributed by atoms with Gasteiger partial charge in [-0.25, -0.2) is 4.68 Å². The molecular weight excluding hydrogens is 258 g/mol. The molecule has 0 aliphatic carbocycles. The molecule has 0 saturated heterocycles. The Kier molecular flexibility index (Phi) is 6.89. The molecule has 0 amide bonds. The number of unbranched alkanes of at least 4 members (excludes halogenated alkanes) is 4. The predicted molar refractivity (Wildman–Crippen MR) is 90.3 cm³/mol. The summed E-state index contributed by atoms with van der Waals surface area (Å²) in [4.78, 5) is 0. The zero-order valence-corrected chi connectivity index (χ0v) is 15.1. The summed E-state index contributed by atoms with van der Waals surface area (Å²) in [5.74, 6) is 0. The molecule has 0 atom stereocenters. The molecular formula is C18H35N3. The summed E-state index contributed by atoms with van der Waals surface area (Å²) in [6, 6.07) is 0. The van der Waals surface area contributed by atoms with E-state index in [0.717, 1.165) is 13.0 Å². The van der Waals surface area contributed by atoms with Crippen LogP contribution in [0.25, 0.3) is 0 Å². The summed E-state index contributed by atoms with van der Waals surface area (Å²) in [7, 11) is 0. The molecule has 1 aromatic heterocycles. The zero-order chi connectivity index (χ0) is 15.9. The van der Waals surface area contributed by atoms with Crippen molar-refractivity contribution in [3.63, 3.8) is 0 Å².